The van der Waals surface area contributed by atoms with Crippen LogP contribution in [0.5, 0.6) is 0 Å². The molecule has 8 nitrogen and oxygen atoms in total. The molecule has 156 valence electrons. The lowest BCUT2D eigenvalue weighted by Gasteiger charge is -2.40. The summed E-state index contributed by atoms with van der Waals surface area (Å²) in [4.78, 5) is 18.3. The van der Waals surface area contributed by atoms with Crippen molar-refractivity contribution in [2.24, 2.45) is 4.99 Å². The Morgan fingerprint density at radius 3 is 2.46 bits per heavy atom. The Morgan fingerprint density at radius 1 is 1.25 bits per heavy atom. The summed E-state index contributed by atoms with van der Waals surface area (Å²) in [7, 11) is -3.36. The third-order valence-electron chi connectivity index (χ3n) is 3.95. The van der Waals surface area contributed by atoms with E-state index in [-0.39, 0.29) is 24.4 Å². The van der Waals surface area contributed by atoms with Gasteiger partial charge in [0.15, 0.2) is 15.8 Å². The van der Waals surface area contributed by atoms with Crippen molar-refractivity contribution in [2.75, 3.05) is 31.9 Å². The summed E-state index contributed by atoms with van der Waals surface area (Å²) < 4.78 is 30.0. The molecule has 1 fully saturated rings. The number of hydrogen-bond donors (Lipinski definition) is 2. The van der Waals surface area contributed by atoms with Crippen LogP contribution < -0.4 is 10.6 Å². The van der Waals surface area contributed by atoms with Crippen molar-refractivity contribution >= 4 is 21.9 Å². The zero-order valence-corrected chi connectivity index (χ0v) is 17.8. The molecule has 0 unspecified atom stereocenters. The smallest absolute Gasteiger partial charge is 0.410 e. The summed E-state index contributed by atoms with van der Waals surface area (Å²) in [5.41, 5.74) is -0.518. The quantitative estimate of drug-likeness (QED) is 0.546. The first-order valence-electron chi connectivity index (χ1n) is 9.41. The monoisotopic (exact) mass is 410 g/mol. The van der Waals surface area contributed by atoms with Crippen LogP contribution in [0.3, 0.4) is 0 Å². The first-order chi connectivity index (χ1) is 13.1. The van der Waals surface area contributed by atoms with E-state index < -0.39 is 15.4 Å². The van der Waals surface area contributed by atoms with E-state index in [0.717, 1.165) is 0 Å². The largest absolute Gasteiger partial charge is 0.444 e. The normalized spacial score (nSPS) is 15.7. The number of rotatable bonds is 6. The highest BCUT2D eigenvalue weighted by molar-refractivity contribution is 7.91. The molecule has 1 saturated heterocycles. The summed E-state index contributed by atoms with van der Waals surface area (Å²) in [6, 6.07) is 8.41. The first kappa shape index (κ1) is 22.0. The molecule has 0 radical (unpaired) electrons. The number of aliphatic imine (C=N–C) groups is 1. The molecule has 2 N–H and O–H groups in total. The third kappa shape index (κ3) is 6.70. The van der Waals surface area contributed by atoms with Crippen LogP contribution in [0.1, 0.15) is 27.7 Å². The van der Waals surface area contributed by atoms with Gasteiger partial charge in [0.05, 0.1) is 23.2 Å². The lowest BCUT2D eigenvalue weighted by Crippen LogP contribution is -2.63. The van der Waals surface area contributed by atoms with Gasteiger partial charge in [-0.25, -0.2) is 13.2 Å². The predicted molar refractivity (Wildman–Crippen MR) is 109 cm³/mol. The molecular weight excluding hydrogens is 380 g/mol. The number of hydrogen-bond acceptors (Lipinski definition) is 5. The van der Waals surface area contributed by atoms with Gasteiger partial charge in [-0.2, -0.15) is 0 Å². The van der Waals surface area contributed by atoms with Crippen LogP contribution in [-0.2, 0) is 14.6 Å². The van der Waals surface area contributed by atoms with Gasteiger partial charge in [-0.3, -0.25) is 4.99 Å². The van der Waals surface area contributed by atoms with Crippen LogP contribution in [-0.4, -0.2) is 68.9 Å². The highest BCUT2D eigenvalue weighted by Gasteiger charge is 2.34. The van der Waals surface area contributed by atoms with E-state index in [9.17, 15) is 13.2 Å². The molecule has 1 aliphatic heterocycles. The molecular formula is C19H30N4O4S. The molecule has 1 amide bonds. The van der Waals surface area contributed by atoms with Gasteiger partial charge in [0.1, 0.15) is 5.60 Å². The lowest BCUT2D eigenvalue weighted by molar-refractivity contribution is 0.00700. The number of ether oxygens (including phenoxy) is 1. The number of carbonyl (C=O) groups is 1. The molecule has 1 heterocycles. The lowest BCUT2D eigenvalue weighted by atomic mass is 10.1. The Balaban J connectivity index is 1.84. The van der Waals surface area contributed by atoms with E-state index >= 15 is 0 Å². The molecule has 1 aromatic carbocycles. The molecule has 0 saturated carbocycles. The van der Waals surface area contributed by atoms with Crippen LogP contribution >= 0.6 is 0 Å². The van der Waals surface area contributed by atoms with E-state index in [1.165, 1.54) is 0 Å². The maximum Gasteiger partial charge on any atom is 0.410 e. The number of sulfone groups is 1. The van der Waals surface area contributed by atoms with Gasteiger partial charge in [-0.05, 0) is 39.8 Å². The highest BCUT2D eigenvalue weighted by Crippen LogP contribution is 2.15. The molecule has 9 heteroatoms. The average Bonchev–Trinajstić information content (AvgIpc) is 2.56. The fraction of sp³-hybridized carbons (Fsp3) is 0.579. The van der Waals surface area contributed by atoms with Gasteiger partial charge >= 0.3 is 6.09 Å². The molecule has 0 aliphatic carbocycles. The van der Waals surface area contributed by atoms with Crippen molar-refractivity contribution in [3.8, 4) is 0 Å². The predicted octanol–water partition coefficient (Wildman–Crippen LogP) is 1.63. The summed E-state index contributed by atoms with van der Waals surface area (Å²) >= 11 is 0. The SMILES string of the molecule is CCNC(=NCCS(=O)(=O)c1ccccc1)NC1CN(C(=O)OC(C)(C)C)C1. The van der Waals surface area contributed by atoms with Crippen molar-refractivity contribution in [3.63, 3.8) is 0 Å². The average molecular weight is 411 g/mol. The fourth-order valence-corrected chi connectivity index (χ4v) is 3.72. The fourth-order valence-electron chi connectivity index (χ4n) is 2.58. The second kappa shape index (κ2) is 9.27. The minimum absolute atomic E-state index is 0.0519. The second-order valence-corrected chi connectivity index (χ2v) is 9.73. The topological polar surface area (TPSA) is 100 Å². The number of nitrogens with zero attached hydrogens (tertiary/aromatic N) is 2. The molecule has 0 spiro atoms. The van der Waals surface area contributed by atoms with Crippen molar-refractivity contribution in [1.82, 2.24) is 15.5 Å². The number of carbonyl (C=O) groups excluding carboxylic acids is 1. The van der Waals surface area contributed by atoms with Crippen LogP contribution in [0.2, 0.25) is 0 Å². The molecule has 0 aromatic heterocycles. The zero-order chi connectivity index (χ0) is 20.8. The van der Waals surface area contributed by atoms with E-state index in [2.05, 4.69) is 15.6 Å². The Hall–Kier alpha value is -2.29. The van der Waals surface area contributed by atoms with E-state index in [0.29, 0.717) is 30.5 Å². The van der Waals surface area contributed by atoms with Gasteiger partial charge < -0.3 is 20.3 Å². The van der Waals surface area contributed by atoms with Crippen LogP contribution in [0.25, 0.3) is 0 Å². The Morgan fingerprint density at radius 2 is 1.89 bits per heavy atom. The van der Waals surface area contributed by atoms with E-state index in [1.54, 1.807) is 35.2 Å². The standard InChI is InChI=1S/C19H30N4O4S/c1-5-20-17(21-11-12-28(25,26)16-9-7-6-8-10-16)22-15-13-23(14-15)18(24)27-19(2,3)4/h6-10,15H,5,11-14H2,1-4H3,(H2,20,21,22). The minimum Gasteiger partial charge on any atom is -0.444 e. The van der Waals surface area contributed by atoms with Gasteiger partial charge in [0.25, 0.3) is 0 Å². The molecule has 1 aromatic rings. The van der Waals surface area contributed by atoms with Gasteiger partial charge in [-0.1, -0.05) is 18.2 Å². The number of amides is 1. The van der Waals surface area contributed by atoms with Crippen molar-refractivity contribution in [2.45, 2.75) is 44.2 Å². The van der Waals surface area contributed by atoms with E-state index in [1.807, 2.05) is 27.7 Å². The van der Waals surface area contributed by atoms with Crippen molar-refractivity contribution in [1.29, 1.82) is 0 Å². The first-order valence-corrected chi connectivity index (χ1v) is 11.1. The van der Waals surface area contributed by atoms with Gasteiger partial charge in [-0.15, -0.1) is 0 Å². The number of benzene rings is 1. The van der Waals surface area contributed by atoms with Crippen molar-refractivity contribution in [3.05, 3.63) is 30.3 Å². The van der Waals surface area contributed by atoms with E-state index in [4.69, 9.17) is 4.74 Å². The maximum absolute atomic E-state index is 12.3. The number of likely N-dealkylation sites (tertiary alicyclic amines) is 1. The van der Waals surface area contributed by atoms with Gasteiger partial charge in [0, 0.05) is 19.6 Å². The molecule has 0 bridgehead atoms. The summed E-state index contributed by atoms with van der Waals surface area (Å²) in [6.45, 7) is 9.27. The van der Waals surface area contributed by atoms with Crippen LogP contribution in [0, 0.1) is 0 Å². The number of nitrogens with one attached hydrogen (secondary N) is 2. The van der Waals surface area contributed by atoms with Crippen molar-refractivity contribution < 1.29 is 17.9 Å². The number of guanidine groups is 1. The Kier molecular flexibility index (Phi) is 7.29. The second-order valence-electron chi connectivity index (χ2n) is 7.62. The zero-order valence-electron chi connectivity index (χ0n) is 16.9. The molecule has 28 heavy (non-hydrogen) atoms. The Bertz CT molecular complexity index is 782. The minimum atomic E-state index is -3.36. The third-order valence-corrected chi connectivity index (χ3v) is 5.66. The summed E-state index contributed by atoms with van der Waals surface area (Å²) in [5, 5.41) is 6.32. The molecule has 0 atom stereocenters. The van der Waals surface area contributed by atoms with Crippen LogP contribution in [0.4, 0.5) is 4.79 Å². The van der Waals surface area contributed by atoms with Crippen LogP contribution in [0.15, 0.2) is 40.2 Å². The van der Waals surface area contributed by atoms with Gasteiger partial charge in [0.2, 0.25) is 0 Å². The Labute approximate surface area is 167 Å². The summed E-state index contributed by atoms with van der Waals surface area (Å²) in [5.74, 6) is 0.474. The highest BCUT2D eigenvalue weighted by atomic mass is 32.2. The molecule has 2 rings (SSSR count). The summed E-state index contributed by atoms with van der Waals surface area (Å²) in [6.07, 6.45) is -0.332. The maximum atomic E-state index is 12.3. The molecule has 1 aliphatic rings.